The molecule has 0 atom stereocenters. The van der Waals surface area contributed by atoms with E-state index in [4.69, 9.17) is 4.42 Å². The number of thiophene rings is 1. The van der Waals surface area contributed by atoms with E-state index in [2.05, 4.69) is 139 Å². The Morgan fingerprint density at radius 1 is 0.646 bits per heavy atom. The van der Waals surface area contributed by atoms with Gasteiger partial charge in [0.1, 0.15) is 5.58 Å². The summed E-state index contributed by atoms with van der Waals surface area (Å²) in [5, 5.41) is 6.30. The number of hydrogen-bond acceptors (Lipinski definition) is 2. The molecule has 6 heterocycles. The van der Waals surface area contributed by atoms with Gasteiger partial charge >= 0.3 is 6.85 Å². The molecule has 4 aromatic heterocycles. The van der Waals surface area contributed by atoms with Crippen LogP contribution in [0.25, 0.3) is 92.1 Å². The van der Waals surface area contributed by atoms with Crippen LogP contribution in [0.3, 0.4) is 0 Å². The summed E-state index contributed by atoms with van der Waals surface area (Å²) in [5.41, 5.74) is 18.8. The summed E-state index contributed by atoms with van der Waals surface area (Å²) in [4.78, 5) is 0. The lowest BCUT2D eigenvalue weighted by Gasteiger charge is -2.34. The van der Waals surface area contributed by atoms with Crippen LogP contribution in [0.1, 0.15) is 16.7 Å². The Kier molecular flexibility index (Phi) is 4.52. The highest BCUT2D eigenvalue weighted by Crippen LogP contribution is 2.49. The normalized spacial score (nSPS) is 13.3. The van der Waals surface area contributed by atoms with Crippen molar-refractivity contribution in [3.63, 3.8) is 0 Å². The summed E-state index contributed by atoms with van der Waals surface area (Å²) in [6.45, 7) is 6.74. The van der Waals surface area contributed by atoms with Gasteiger partial charge in [0.2, 0.25) is 5.71 Å². The van der Waals surface area contributed by atoms with Gasteiger partial charge in [-0.3, -0.25) is 4.57 Å². The van der Waals surface area contributed by atoms with Gasteiger partial charge in [-0.2, -0.15) is 0 Å². The van der Waals surface area contributed by atoms with Gasteiger partial charge in [-0.1, -0.05) is 90.5 Å². The quantitative estimate of drug-likeness (QED) is 0.166. The first kappa shape index (κ1) is 25.6. The number of para-hydroxylation sites is 3. The van der Waals surface area contributed by atoms with Gasteiger partial charge in [0.15, 0.2) is 0 Å². The van der Waals surface area contributed by atoms with Crippen LogP contribution in [0.5, 0.6) is 0 Å². The first-order chi connectivity index (χ1) is 23.6. The Bertz CT molecular complexity index is 3090. The van der Waals surface area contributed by atoms with Crippen molar-refractivity contribution in [1.82, 2.24) is 9.05 Å². The molecule has 0 aliphatic carbocycles. The van der Waals surface area contributed by atoms with Crippen LogP contribution in [0.2, 0.25) is 0 Å². The molecule has 3 nitrogen and oxygen atoms in total. The second-order valence-electron chi connectivity index (χ2n) is 13.8. The van der Waals surface area contributed by atoms with E-state index in [1.165, 1.54) is 108 Å². The summed E-state index contributed by atoms with van der Waals surface area (Å²) < 4.78 is 14.7. The Balaban J connectivity index is 1.34. The Hall–Kier alpha value is -5.52. The predicted octanol–water partition coefficient (Wildman–Crippen LogP) is 10.4. The molecule has 0 saturated carbocycles. The maximum atomic E-state index is 6.83. The predicted molar refractivity (Wildman–Crippen MR) is 204 cm³/mol. The van der Waals surface area contributed by atoms with Crippen LogP contribution in [0, 0.1) is 20.8 Å². The van der Waals surface area contributed by atoms with E-state index in [0.717, 1.165) is 11.3 Å². The van der Waals surface area contributed by atoms with Crippen molar-refractivity contribution in [2.24, 2.45) is 0 Å². The molecule has 48 heavy (non-hydrogen) atoms. The zero-order valence-corrected chi connectivity index (χ0v) is 27.5. The van der Waals surface area contributed by atoms with E-state index < -0.39 is 0 Å². The van der Waals surface area contributed by atoms with Crippen molar-refractivity contribution in [3.05, 3.63) is 126 Å². The SMILES string of the molecule is Cc1cc(C)c(-c2cc3c4c(c2)-n2c5oc6ccccc6c5c5cccc(c52)B4n2c4c-3cccc4c3sc4ccccc4c32)c(C)c1. The third kappa shape index (κ3) is 2.86. The first-order valence-electron chi connectivity index (χ1n) is 16.7. The number of furan rings is 1. The Morgan fingerprint density at radius 3 is 2.27 bits per heavy atom. The molecular formula is C43H27BN2OS. The number of aromatic nitrogens is 2. The molecule has 0 unspecified atom stereocenters. The van der Waals surface area contributed by atoms with Crippen LogP contribution < -0.4 is 10.9 Å². The molecule has 0 bridgehead atoms. The minimum Gasteiger partial charge on any atom is -0.439 e. The molecule has 0 spiro atoms. The average molecular weight is 631 g/mol. The lowest BCUT2D eigenvalue weighted by atomic mass is 9.45. The van der Waals surface area contributed by atoms with Crippen LogP contribution in [-0.2, 0) is 0 Å². The number of rotatable bonds is 1. The van der Waals surface area contributed by atoms with E-state index in [9.17, 15) is 0 Å². The molecule has 0 N–H and O–H groups in total. The minimum atomic E-state index is 0.0265. The van der Waals surface area contributed by atoms with Crippen LogP contribution in [0.15, 0.2) is 114 Å². The van der Waals surface area contributed by atoms with Gasteiger partial charge in [0.25, 0.3) is 0 Å². The van der Waals surface area contributed by atoms with Crippen molar-refractivity contribution >= 4 is 93.3 Å². The molecule has 10 aromatic rings. The monoisotopic (exact) mass is 630 g/mol. The summed E-state index contributed by atoms with van der Waals surface area (Å²) in [5.74, 6) is 0. The van der Waals surface area contributed by atoms with E-state index in [-0.39, 0.29) is 6.85 Å². The number of nitrogens with zero attached hydrogens (tertiary/aromatic N) is 2. The molecule has 0 radical (unpaired) electrons. The molecule has 12 rings (SSSR count). The minimum absolute atomic E-state index is 0.0265. The fourth-order valence-electron chi connectivity index (χ4n) is 9.58. The fraction of sp³-hybridized carbons (Fsp3) is 0.0698. The smallest absolute Gasteiger partial charge is 0.333 e. The number of fused-ring (bicyclic) bond motifs is 14. The Labute approximate surface area is 280 Å². The van der Waals surface area contributed by atoms with E-state index in [0.29, 0.717) is 0 Å². The summed E-state index contributed by atoms with van der Waals surface area (Å²) in [6, 6.07) is 40.9. The lowest BCUT2D eigenvalue weighted by Crippen LogP contribution is -2.55. The highest BCUT2D eigenvalue weighted by molar-refractivity contribution is 7.27. The van der Waals surface area contributed by atoms with E-state index in [1.807, 2.05) is 11.3 Å². The topological polar surface area (TPSA) is 23.0 Å². The number of aryl methyl sites for hydroxylation is 3. The summed E-state index contributed by atoms with van der Waals surface area (Å²) in [6.07, 6.45) is 0. The number of benzene rings is 6. The molecule has 2 aliphatic heterocycles. The molecule has 0 amide bonds. The van der Waals surface area contributed by atoms with Crippen LogP contribution in [-0.4, -0.2) is 15.9 Å². The van der Waals surface area contributed by atoms with Gasteiger partial charge in [-0.15, -0.1) is 11.3 Å². The van der Waals surface area contributed by atoms with Gasteiger partial charge in [-0.05, 0) is 83.8 Å². The van der Waals surface area contributed by atoms with Gasteiger partial charge in [0, 0.05) is 43.0 Å². The molecule has 5 heteroatoms. The van der Waals surface area contributed by atoms with Crippen molar-refractivity contribution in [3.8, 4) is 27.9 Å². The zero-order chi connectivity index (χ0) is 31.6. The van der Waals surface area contributed by atoms with Gasteiger partial charge in [-0.25, -0.2) is 0 Å². The Morgan fingerprint density at radius 2 is 1.40 bits per heavy atom. The highest BCUT2D eigenvalue weighted by atomic mass is 32.1. The molecule has 0 fully saturated rings. The van der Waals surface area contributed by atoms with Gasteiger partial charge in [0.05, 0.1) is 21.1 Å². The molecule has 2 aliphatic rings. The first-order valence-corrected chi connectivity index (χ1v) is 17.5. The van der Waals surface area contributed by atoms with E-state index in [1.54, 1.807) is 0 Å². The molecular weight excluding hydrogens is 603 g/mol. The molecule has 0 saturated heterocycles. The standard InChI is InChI=1S/C43H27BN2OS/c1-22-18-23(2)36(24(3)19-22)25-20-31-26-12-8-14-30-39(26)46(41-28-11-5-7-17-35(28)48-42(30)41)44-32-15-9-13-29-37-27-10-4-6-16-34(27)47-43(37)45(40(29)32)33(21-25)38(31)44/h4-21H,1-3H3. The van der Waals surface area contributed by atoms with Gasteiger partial charge < -0.3 is 8.90 Å². The fourth-order valence-corrected chi connectivity index (χ4v) is 10.8. The van der Waals surface area contributed by atoms with Crippen molar-refractivity contribution in [2.75, 3.05) is 0 Å². The highest BCUT2D eigenvalue weighted by Gasteiger charge is 2.43. The number of hydrogen-bond donors (Lipinski definition) is 0. The maximum absolute atomic E-state index is 6.83. The second-order valence-corrected chi connectivity index (χ2v) is 14.9. The second kappa shape index (κ2) is 8.49. The molecule has 224 valence electrons. The molecule has 6 aromatic carbocycles. The zero-order valence-electron chi connectivity index (χ0n) is 26.7. The third-order valence-electron chi connectivity index (χ3n) is 11.2. The maximum Gasteiger partial charge on any atom is 0.333 e. The summed E-state index contributed by atoms with van der Waals surface area (Å²) in [7, 11) is 0. The van der Waals surface area contributed by atoms with E-state index >= 15 is 0 Å². The average Bonchev–Trinajstić information content (AvgIpc) is 3.82. The van der Waals surface area contributed by atoms with Crippen LogP contribution >= 0.6 is 11.3 Å². The van der Waals surface area contributed by atoms with Crippen LogP contribution in [0.4, 0.5) is 0 Å². The third-order valence-corrected chi connectivity index (χ3v) is 12.3. The summed E-state index contributed by atoms with van der Waals surface area (Å²) >= 11 is 1.93. The largest absolute Gasteiger partial charge is 0.439 e. The van der Waals surface area contributed by atoms with Crippen molar-refractivity contribution < 1.29 is 4.42 Å². The van der Waals surface area contributed by atoms with Crippen molar-refractivity contribution in [2.45, 2.75) is 20.8 Å². The van der Waals surface area contributed by atoms with Crippen molar-refractivity contribution in [1.29, 1.82) is 0 Å². The lowest BCUT2D eigenvalue weighted by molar-refractivity contribution is 0.645.